The van der Waals surface area contributed by atoms with E-state index in [2.05, 4.69) is 223 Å². The molecule has 8 aromatic carbocycles. The fourth-order valence-corrected chi connectivity index (χ4v) is 12.2. The number of pyridine rings is 1. The molecule has 0 bridgehead atoms. The van der Waals surface area contributed by atoms with E-state index in [1.165, 1.54) is 31.8 Å². The molecule has 0 radical (unpaired) electrons. The van der Waals surface area contributed by atoms with Crippen LogP contribution in [0.3, 0.4) is 0 Å². The van der Waals surface area contributed by atoms with Crippen LogP contribution in [0.1, 0.15) is 0 Å². The van der Waals surface area contributed by atoms with Crippen LogP contribution in [0.25, 0.3) is 33.1 Å². The maximum atomic E-state index is 4.74. The van der Waals surface area contributed by atoms with Crippen LogP contribution in [0, 0.1) is 0 Å². The van der Waals surface area contributed by atoms with Crippen molar-refractivity contribution < 1.29 is 17.1 Å². The summed E-state index contributed by atoms with van der Waals surface area (Å²) in [6, 6.07) is 85.6. The standard InChI is InChI=1S/2C18H15P.C17H11N2.Cu/c2*1-4-10-16(11-5-1)19(17-12-6-2-7-13-17)18-14-8-3-9-15-18;1-2-7-15-12(4-1)8-9-16(19-15)14-6-3-5-13-10-11-18-17(13)14;/h2*1-15H;1-11H;/q;;-1;+1/p+2. The van der Waals surface area contributed by atoms with Gasteiger partial charge in [0.25, 0.3) is 0 Å². The summed E-state index contributed by atoms with van der Waals surface area (Å²) in [5.74, 6) is 0. The monoisotopic (exact) mass is 832 g/mol. The normalized spacial score (nSPS) is 10.6. The van der Waals surface area contributed by atoms with Crippen molar-refractivity contribution in [3.63, 3.8) is 0 Å². The van der Waals surface area contributed by atoms with E-state index in [0.29, 0.717) is 0 Å². The van der Waals surface area contributed by atoms with Gasteiger partial charge in [0.15, 0.2) is 0 Å². The molecule has 0 amide bonds. The Morgan fingerprint density at radius 2 is 0.672 bits per heavy atom. The summed E-state index contributed by atoms with van der Waals surface area (Å²) in [5, 5.41) is 10.9. The van der Waals surface area contributed by atoms with E-state index in [0.717, 1.165) is 33.1 Å². The molecule has 0 fully saturated rings. The molecule has 0 aliphatic rings. The SMILES string of the molecule is [Cu+].c1ccc([PH+](c2ccccc2)c2ccccc2)cc1.c1ccc([PH+](c2ccccc2)c2ccccc2)cc1.c1ccc2nc(-c3cccc4cc[n-]c34)ccc2c1. The van der Waals surface area contributed by atoms with E-state index in [1.807, 2.05) is 30.5 Å². The number of aromatic nitrogens is 2. The fraction of sp³-hybridized carbons (Fsp3) is 0. The van der Waals surface area contributed by atoms with Crippen LogP contribution in [0.2, 0.25) is 0 Å². The Hall–Kier alpha value is -5.91. The number of hydrogen-bond donors (Lipinski definition) is 0. The smallest absolute Gasteiger partial charge is 0.663 e. The first-order valence-electron chi connectivity index (χ1n) is 19.2. The van der Waals surface area contributed by atoms with Gasteiger partial charge in [0.05, 0.1) is 27.1 Å². The summed E-state index contributed by atoms with van der Waals surface area (Å²) in [4.78, 5) is 9.17. The van der Waals surface area contributed by atoms with Crippen molar-refractivity contribution >= 4 is 69.5 Å². The van der Waals surface area contributed by atoms with Crippen LogP contribution in [-0.4, -0.2) is 4.98 Å². The Balaban J connectivity index is 0.000000131. The number of hydrogen-bond acceptors (Lipinski definition) is 1. The minimum absolute atomic E-state index is 0. The molecular formula is C53H43CuN2P2+2. The zero-order valence-electron chi connectivity index (χ0n) is 31.9. The Morgan fingerprint density at radius 3 is 1.09 bits per heavy atom. The Morgan fingerprint density at radius 1 is 0.310 bits per heavy atom. The number of fused-ring (bicyclic) bond motifs is 2. The van der Waals surface area contributed by atoms with Crippen molar-refractivity contribution in [1.82, 2.24) is 9.97 Å². The molecule has 10 rings (SSSR count). The van der Waals surface area contributed by atoms with Crippen molar-refractivity contribution in [3.05, 3.63) is 249 Å². The van der Waals surface area contributed by atoms with Crippen LogP contribution in [0.4, 0.5) is 0 Å². The van der Waals surface area contributed by atoms with Gasteiger partial charge >= 0.3 is 17.1 Å². The third-order valence-corrected chi connectivity index (χ3v) is 15.2. The molecule has 2 nitrogen and oxygen atoms in total. The quantitative estimate of drug-likeness (QED) is 0.118. The first kappa shape index (κ1) is 40.3. The number of para-hydroxylation sites is 2. The number of rotatable bonds is 7. The molecule has 0 saturated carbocycles. The first-order valence-corrected chi connectivity index (χ1v) is 22.2. The van der Waals surface area contributed by atoms with E-state index >= 15 is 0 Å². The van der Waals surface area contributed by atoms with Gasteiger partial charge in [0, 0.05) is 5.39 Å². The third-order valence-electron chi connectivity index (χ3n) is 9.77. The van der Waals surface area contributed by atoms with Crippen LogP contribution < -0.4 is 36.8 Å². The molecule has 0 unspecified atom stereocenters. The molecule has 2 aromatic heterocycles. The predicted molar refractivity (Wildman–Crippen MR) is 251 cm³/mol. The molecule has 2 heterocycles. The molecular weight excluding hydrogens is 790 g/mol. The van der Waals surface area contributed by atoms with Crippen LogP contribution >= 0.6 is 15.8 Å². The van der Waals surface area contributed by atoms with Crippen LogP contribution in [0.5, 0.6) is 0 Å². The molecule has 284 valence electrons. The van der Waals surface area contributed by atoms with Crippen LogP contribution in [-0.2, 0) is 17.1 Å². The molecule has 0 saturated heterocycles. The number of benzene rings is 8. The van der Waals surface area contributed by atoms with Gasteiger partial charge in [-0.2, -0.15) is 6.20 Å². The van der Waals surface area contributed by atoms with Gasteiger partial charge in [-0.15, -0.1) is 5.52 Å². The second-order valence-electron chi connectivity index (χ2n) is 13.5. The van der Waals surface area contributed by atoms with Crippen molar-refractivity contribution in [3.8, 4) is 11.3 Å². The van der Waals surface area contributed by atoms with E-state index in [9.17, 15) is 0 Å². The van der Waals surface area contributed by atoms with Gasteiger partial charge < -0.3 is 4.98 Å². The Kier molecular flexibility index (Phi) is 14.2. The maximum Gasteiger partial charge on any atom is 1.00 e. The van der Waals surface area contributed by atoms with Gasteiger partial charge in [-0.05, 0) is 95.9 Å². The largest absolute Gasteiger partial charge is 1.00 e. The zero-order chi connectivity index (χ0) is 38.5. The summed E-state index contributed by atoms with van der Waals surface area (Å²) in [6.07, 6.45) is 1.84. The molecule has 58 heavy (non-hydrogen) atoms. The topological polar surface area (TPSA) is 27.0 Å². The Bertz CT molecular complexity index is 2420. The number of nitrogens with zero attached hydrogens (tertiary/aromatic N) is 2. The maximum absolute atomic E-state index is 4.74. The van der Waals surface area contributed by atoms with Crippen LogP contribution in [0.15, 0.2) is 249 Å². The Labute approximate surface area is 354 Å². The fourth-order valence-electron chi connectivity index (χ4n) is 7.08. The molecule has 0 atom stereocenters. The first-order chi connectivity index (χ1) is 28.3. The average molecular weight is 833 g/mol. The summed E-state index contributed by atoms with van der Waals surface area (Å²) in [7, 11) is -1.75. The van der Waals surface area contributed by atoms with E-state index in [4.69, 9.17) is 4.98 Å². The summed E-state index contributed by atoms with van der Waals surface area (Å²) < 4.78 is 0. The summed E-state index contributed by atoms with van der Waals surface area (Å²) in [5.41, 5.74) is 4.10. The molecule has 5 heteroatoms. The van der Waals surface area contributed by atoms with Gasteiger partial charge in [-0.25, -0.2) is 4.98 Å². The van der Waals surface area contributed by atoms with Gasteiger partial charge in [0.2, 0.25) is 0 Å². The van der Waals surface area contributed by atoms with Crippen molar-refractivity contribution in [2.45, 2.75) is 0 Å². The molecule has 0 N–H and O–H groups in total. The molecule has 10 aromatic rings. The van der Waals surface area contributed by atoms with E-state index in [1.54, 1.807) is 0 Å². The van der Waals surface area contributed by atoms with Gasteiger partial charge in [-0.1, -0.05) is 158 Å². The predicted octanol–water partition coefficient (Wildman–Crippen LogP) is 10.4. The zero-order valence-corrected chi connectivity index (χ0v) is 34.8. The second kappa shape index (κ2) is 20.5. The van der Waals surface area contributed by atoms with Crippen molar-refractivity contribution in [2.75, 3.05) is 0 Å². The summed E-state index contributed by atoms with van der Waals surface area (Å²) >= 11 is 0. The van der Waals surface area contributed by atoms with Crippen molar-refractivity contribution in [1.29, 1.82) is 0 Å². The second-order valence-corrected chi connectivity index (χ2v) is 18.5. The molecule has 0 spiro atoms. The molecule has 0 aliphatic carbocycles. The average Bonchev–Trinajstić information content (AvgIpc) is 3.79. The minimum Gasteiger partial charge on any atom is -0.663 e. The van der Waals surface area contributed by atoms with Gasteiger partial charge in [-0.3, -0.25) is 0 Å². The van der Waals surface area contributed by atoms with E-state index in [-0.39, 0.29) is 17.1 Å². The van der Waals surface area contributed by atoms with Gasteiger partial charge in [0.1, 0.15) is 31.8 Å². The van der Waals surface area contributed by atoms with Crippen molar-refractivity contribution in [2.24, 2.45) is 0 Å². The third kappa shape index (κ3) is 9.96. The molecule has 0 aliphatic heterocycles. The van der Waals surface area contributed by atoms with E-state index < -0.39 is 15.8 Å². The minimum atomic E-state index is -0.877. The summed E-state index contributed by atoms with van der Waals surface area (Å²) in [6.45, 7) is 0.